The first-order chi connectivity index (χ1) is 15.3. The minimum atomic E-state index is -1.20. The first kappa shape index (κ1) is 23.4. The number of nitriles is 1. The average Bonchev–Trinajstić information content (AvgIpc) is 2.79. The van der Waals surface area contributed by atoms with Gasteiger partial charge in [0, 0.05) is 16.6 Å². The normalized spacial score (nSPS) is 17.9. The molecule has 0 saturated heterocycles. The molecule has 9 heteroatoms. The summed E-state index contributed by atoms with van der Waals surface area (Å²) in [6, 6.07) is 16.1. The van der Waals surface area contributed by atoms with Gasteiger partial charge in [0.1, 0.15) is 5.92 Å². The molecule has 32 heavy (non-hydrogen) atoms. The number of benzene rings is 2. The second kappa shape index (κ2) is 10.4. The van der Waals surface area contributed by atoms with E-state index in [2.05, 4.69) is 16.7 Å². The number of carbonyl (C=O) groups is 3. The van der Waals surface area contributed by atoms with Gasteiger partial charge in [-0.15, -0.1) is 0 Å². The zero-order chi connectivity index (χ0) is 23.3. The molecule has 7 nitrogen and oxygen atoms in total. The Morgan fingerprint density at radius 1 is 1.25 bits per heavy atom. The van der Waals surface area contributed by atoms with Crippen molar-refractivity contribution in [1.82, 2.24) is 5.32 Å². The van der Waals surface area contributed by atoms with Gasteiger partial charge < -0.3 is 15.4 Å². The van der Waals surface area contributed by atoms with E-state index in [1.165, 1.54) is 7.11 Å². The van der Waals surface area contributed by atoms with Crippen molar-refractivity contribution in [3.63, 3.8) is 0 Å². The topological polar surface area (TPSA) is 108 Å². The Kier molecular flexibility index (Phi) is 7.57. The van der Waals surface area contributed by atoms with Crippen molar-refractivity contribution in [2.24, 2.45) is 5.92 Å². The van der Waals surface area contributed by atoms with Crippen molar-refractivity contribution < 1.29 is 19.1 Å². The van der Waals surface area contributed by atoms with Gasteiger partial charge in [0.05, 0.1) is 29.5 Å². The molecular weight excluding hydrogens is 450 g/mol. The van der Waals surface area contributed by atoms with E-state index in [1.54, 1.807) is 48.5 Å². The third kappa shape index (κ3) is 5.13. The maximum absolute atomic E-state index is 12.8. The van der Waals surface area contributed by atoms with Gasteiger partial charge in [-0.2, -0.15) is 5.26 Å². The number of hydrogen-bond acceptors (Lipinski definition) is 6. The summed E-state index contributed by atoms with van der Waals surface area (Å²) in [6.45, 7) is 1.84. The van der Waals surface area contributed by atoms with Crippen LogP contribution in [0.15, 0.2) is 59.1 Å². The molecule has 0 bridgehead atoms. The summed E-state index contributed by atoms with van der Waals surface area (Å²) >= 11 is 7.01. The van der Waals surface area contributed by atoms with Gasteiger partial charge in [0.15, 0.2) is 0 Å². The second-order valence-electron chi connectivity index (χ2n) is 7.03. The Hall–Kier alpha value is -3.28. The smallest absolute Gasteiger partial charge is 0.319 e. The fourth-order valence-corrected chi connectivity index (χ4v) is 4.41. The zero-order valence-corrected chi connectivity index (χ0v) is 18.9. The number of thioether (sulfide) groups is 1. The maximum atomic E-state index is 12.8. The molecule has 3 rings (SSSR count). The van der Waals surface area contributed by atoms with Crippen LogP contribution in [0.5, 0.6) is 0 Å². The van der Waals surface area contributed by atoms with Crippen LogP contribution >= 0.6 is 23.4 Å². The van der Waals surface area contributed by atoms with Gasteiger partial charge in [-0.1, -0.05) is 59.8 Å². The van der Waals surface area contributed by atoms with Gasteiger partial charge in [-0.3, -0.25) is 14.4 Å². The summed E-state index contributed by atoms with van der Waals surface area (Å²) in [5.41, 5.74) is 2.26. The molecule has 164 valence electrons. The number of nitrogens with one attached hydrogen (secondary N) is 2. The lowest BCUT2D eigenvalue weighted by Gasteiger charge is -2.30. The van der Waals surface area contributed by atoms with Crippen LogP contribution in [0, 0.1) is 24.2 Å². The highest BCUT2D eigenvalue weighted by Crippen LogP contribution is 2.40. The summed E-state index contributed by atoms with van der Waals surface area (Å²) in [6.07, 6.45) is 0. The zero-order valence-electron chi connectivity index (χ0n) is 17.3. The van der Waals surface area contributed by atoms with Crippen LogP contribution in [0.4, 0.5) is 5.69 Å². The minimum absolute atomic E-state index is 0.0584. The lowest BCUT2D eigenvalue weighted by molar-refractivity contribution is -0.150. The summed E-state index contributed by atoms with van der Waals surface area (Å²) in [5, 5.41) is 16.0. The monoisotopic (exact) mass is 469 g/mol. The molecular formula is C23H20ClN3O4S. The summed E-state index contributed by atoms with van der Waals surface area (Å²) in [4.78, 5) is 37.6. The Balaban J connectivity index is 1.87. The van der Waals surface area contributed by atoms with Crippen LogP contribution in [-0.2, 0) is 19.1 Å². The largest absolute Gasteiger partial charge is 0.468 e. The van der Waals surface area contributed by atoms with Gasteiger partial charge in [-0.05, 0) is 30.2 Å². The number of esters is 1. The van der Waals surface area contributed by atoms with Crippen molar-refractivity contribution in [1.29, 1.82) is 5.26 Å². The van der Waals surface area contributed by atoms with Crippen LogP contribution in [0.1, 0.15) is 17.0 Å². The minimum Gasteiger partial charge on any atom is -0.468 e. The van der Waals surface area contributed by atoms with E-state index >= 15 is 0 Å². The highest BCUT2D eigenvalue weighted by molar-refractivity contribution is 8.03. The number of halogens is 1. The molecule has 0 unspecified atom stereocenters. The predicted octanol–water partition coefficient (Wildman–Crippen LogP) is 3.76. The first-order valence-corrected chi connectivity index (χ1v) is 11.0. The van der Waals surface area contributed by atoms with E-state index in [-0.39, 0.29) is 22.3 Å². The van der Waals surface area contributed by atoms with Gasteiger partial charge in [-0.25, -0.2) is 0 Å². The maximum Gasteiger partial charge on any atom is 0.319 e. The number of rotatable bonds is 6. The predicted molar refractivity (Wildman–Crippen MR) is 123 cm³/mol. The van der Waals surface area contributed by atoms with Crippen molar-refractivity contribution >= 4 is 46.8 Å². The van der Waals surface area contributed by atoms with Crippen LogP contribution in [0.25, 0.3) is 0 Å². The molecule has 2 atom stereocenters. The number of anilines is 1. The summed E-state index contributed by atoms with van der Waals surface area (Å²) < 4.78 is 4.81. The fourth-order valence-electron chi connectivity index (χ4n) is 3.39. The quantitative estimate of drug-likeness (QED) is 0.492. The van der Waals surface area contributed by atoms with Crippen molar-refractivity contribution in [2.75, 3.05) is 18.2 Å². The third-order valence-electron chi connectivity index (χ3n) is 4.96. The lowest BCUT2D eigenvalue weighted by Crippen LogP contribution is -2.44. The highest BCUT2D eigenvalue weighted by Gasteiger charge is 2.44. The number of hydrogen-bond donors (Lipinski definition) is 2. The molecule has 2 aromatic rings. The first-order valence-electron chi connectivity index (χ1n) is 9.62. The number of ether oxygens (including phenoxy) is 1. The van der Waals surface area contributed by atoms with Crippen LogP contribution < -0.4 is 10.6 Å². The molecule has 2 N–H and O–H groups in total. The number of nitrogens with zero attached hydrogens (tertiary/aromatic N) is 1. The molecule has 1 aliphatic rings. The number of allylic oxidation sites excluding steroid dienone is 1. The molecule has 1 heterocycles. The molecule has 1 aliphatic heterocycles. The highest BCUT2D eigenvalue weighted by atomic mass is 35.5. The summed E-state index contributed by atoms with van der Waals surface area (Å²) in [5.74, 6) is -3.73. The van der Waals surface area contributed by atoms with E-state index in [1.807, 2.05) is 6.92 Å². The third-order valence-corrected chi connectivity index (χ3v) is 6.22. The number of methoxy groups -OCH3 is 1. The molecule has 2 aromatic carbocycles. The van der Waals surface area contributed by atoms with Crippen molar-refractivity contribution in [3.8, 4) is 6.07 Å². The molecule has 0 fully saturated rings. The van der Waals surface area contributed by atoms with E-state index in [4.69, 9.17) is 16.3 Å². The van der Waals surface area contributed by atoms with E-state index in [0.29, 0.717) is 16.3 Å². The molecule has 0 aromatic heterocycles. The van der Waals surface area contributed by atoms with Gasteiger partial charge >= 0.3 is 5.97 Å². The van der Waals surface area contributed by atoms with E-state index in [0.717, 1.165) is 17.3 Å². The fraction of sp³-hybridized carbons (Fsp3) is 0.217. The summed E-state index contributed by atoms with van der Waals surface area (Å²) in [7, 11) is 1.19. The SMILES string of the molecule is COC(=O)[C@H]1C(=O)NC(SCC(=O)Nc2cc(Cl)ccc2C)=C(C#N)[C@H]1c1ccccc1. The number of aryl methyl sites for hydroxylation is 1. The number of carbonyl (C=O) groups excluding carboxylic acids is 3. The molecule has 0 aliphatic carbocycles. The van der Waals surface area contributed by atoms with Crippen LogP contribution in [-0.4, -0.2) is 30.6 Å². The van der Waals surface area contributed by atoms with Crippen molar-refractivity contribution in [2.45, 2.75) is 12.8 Å². The van der Waals surface area contributed by atoms with Crippen LogP contribution in [0.3, 0.4) is 0 Å². The van der Waals surface area contributed by atoms with E-state index in [9.17, 15) is 19.6 Å². The van der Waals surface area contributed by atoms with Gasteiger partial charge in [0.2, 0.25) is 11.8 Å². The van der Waals surface area contributed by atoms with Crippen molar-refractivity contribution in [3.05, 3.63) is 75.3 Å². The molecule has 0 spiro atoms. The Bertz CT molecular complexity index is 1130. The average molecular weight is 470 g/mol. The molecule has 0 saturated carbocycles. The van der Waals surface area contributed by atoms with E-state index < -0.39 is 23.7 Å². The van der Waals surface area contributed by atoms with Crippen LogP contribution in [0.2, 0.25) is 5.02 Å². The Labute approximate surface area is 194 Å². The molecule has 0 radical (unpaired) electrons. The Morgan fingerprint density at radius 2 is 1.97 bits per heavy atom. The lowest BCUT2D eigenvalue weighted by atomic mass is 9.78. The Morgan fingerprint density at radius 3 is 2.62 bits per heavy atom. The van der Waals surface area contributed by atoms with Gasteiger partial charge in [0.25, 0.3) is 0 Å². The second-order valence-corrected chi connectivity index (χ2v) is 8.45. The number of amides is 2. The molecule has 2 amide bonds. The standard InChI is InChI=1S/C23H20ClN3O4S/c1-13-8-9-15(24)10-17(13)26-18(28)12-32-22-16(11-25)19(14-6-4-3-5-7-14)20(21(29)27-22)23(30)31-2/h3-10,19-20H,12H2,1-2H3,(H,26,28)(H,27,29)/t19-,20-/m1/s1.